The first kappa shape index (κ1) is 14.5. The smallest absolute Gasteiger partial charge is 0.283 e. The SMILES string of the molecule is CC(C)Cn1ccnc(SC(=S)N2CCCC2)c1=O. The molecule has 0 saturated carbocycles. The van der Waals surface area contributed by atoms with Gasteiger partial charge in [-0.3, -0.25) is 4.79 Å². The quantitative estimate of drug-likeness (QED) is 0.632. The Morgan fingerprint density at radius 2 is 2.16 bits per heavy atom. The van der Waals surface area contributed by atoms with Gasteiger partial charge in [-0.25, -0.2) is 4.98 Å². The monoisotopic (exact) mass is 297 g/mol. The molecule has 2 rings (SSSR count). The molecular weight excluding hydrogens is 278 g/mol. The normalized spacial score (nSPS) is 15.2. The van der Waals surface area contributed by atoms with Gasteiger partial charge in [0.2, 0.25) is 0 Å². The fraction of sp³-hybridized carbons (Fsp3) is 0.615. The minimum atomic E-state index is -0.0391. The van der Waals surface area contributed by atoms with Crippen molar-refractivity contribution in [3.05, 3.63) is 22.7 Å². The lowest BCUT2D eigenvalue weighted by Crippen LogP contribution is -2.27. The van der Waals surface area contributed by atoms with Gasteiger partial charge in [0, 0.05) is 32.0 Å². The standard InChI is InChI=1S/C13H19N3OS2/c1-10(2)9-16-8-5-14-11(12(16)17)19-13(18)15-6-3-4-7-15/h5,8,10H,3-4,6-7,9H2,1-2H3. The molecule has 2 heterocycles. The van der Waals surface area contributed by atoms with Gasteiger partial charge in [0.25, 0.3) is 5.56 Å². The second-order valence-corrected chi connectivity index (χ2v) is 6.77. The lowest BCUT2D eigenvalue weighted by molar-refractivity contribution is 0.502. The van der Waals surface area contributed by atoms with E-state index < -0.39 is 0 Å². The molecule has 1 aliphatic rings. The van der Waals surface area contributed by atoms with Crippen LogP contribution in [0.5, 0.6) is 0 Å². The maximum atomic E-state index is 12.3. The molecule has 4 nitrogen and oxygen atoms in total. The van der Waals surface area contributed by atoms with Crippen molar-refractivity contribution in [1.82, 2.24) is 14.5 Å². The zero-order valence-corrected chi connectivity index (χ0v) is 13.0. The average molecular weight is 297 g/mol. The van der Waals surface area contributed by atoms with Crippen molar-refractivity contribution in [2.24, 2.45) is 5.92 Å². The molecule has 1 saturated heterocycles. The molecule has 1 aromatic rings. The molecule has 0 aromatic carbocycles. The van der Waals surface area contributed by atoms with Crippen LogP contribution in [-0.2, 0) is 6.54 Å². The summed E-state index contributed by atoms with van der Waals surface area (Å²) in [5.74, 6) is 0.434. The van der Waals surface area contributed by atoms with Crippen LogP contribution >= 0.6 is 24.0 Å². The van der Waals surface area contributed by atoms with E-state index in [2.05, 4.69) is 23.7 Å². The van der Waals surface area contributed by atoms with E-state index in [9.17, 15) is 4.79 Å². The highest BCUT2D eigenvalue weighted by molar-refractivity contribution is 8.22. The molecule has 0 unspecified atom stereocenters. The van der Waals surface area contributed by atoms with Crippen molar-refractivity contribution >= 4 is 28.3 Å². The van der Waals surface area contributed by atoms with Gasteiger partial charge in [-0.1, -0.05) is 26.1 Å². The van der Waals surface area contributed by atoms with Crippen LogP contribution in [0.1, 0.15) is 26.7 Å². The topological polar surface area (TPSA) is 38.1 Å². The van der Waals surface area contributed by atoms with Crippen molar-refractivity contribution < 1.29 is 0 Å². The number of thiocarbonyl (C=S) groups is 1. The predicted molar refractivity (Wildman–Crippen MR) is 82.6 cm³/mol. The summed E-state index contributed by atoms with van der Waals surface area (Å²) in [6.07, 6.45) is 5.78. The van der Waals surface area contributed by atoms with Crippen molar-refractivity contribution in [2.75, 3.05) is 13.1 Å². The average Bonchev–Trinajstić information content (AvgIpc) is 2.87. The van der Waals surface area contributed by atoms with Gasteiger partial charge in [0.05, 0.1) is 0 Å². The van der Waals surface area contributed by atoms with Crippen molar-refractivity contribution in [3.8, 4) is 0 Å². The number of hydrogen-bond acceptors (Lipinski definition) is 4. The molecular formula is C13H19N3OS2. The fourth-order valence-electron chi connectivity index (χ4n) is 2.08. The molecule has 1 aliphatic heterocycles. The molecule has 6 heteroatoms. The Morgan fingerprint density at radius 3 is 2.79 bits per heavy atom. The molecule has 0 radical (unpaired) electrons. The Balaban J connectivity index is 2.11. The minimum absolute atomic E-state index is 0.0391. The molecule has 0 bridgehead atoms. The van der Waals surface area contributed by atoms with E-state index in [0.717, 1.165) is 17.4 Å². The van der Waals surface area contributed by atoms with Gasteiger partial charge in [0.1, 0.15) is 4.32 Å². The third kappa shape index (κ3) is 3.79. The molecule has 1 aromatic heterocycles. The Bertz CT molecular complexity index is 507. The highest BCUT2D eigenvalue weighted by Crippen LogP contribution is 2.20. The Morgan fingerprint density at radius 1 is 1.47 bits per heavy atom. The highest BCUT2D eigenvalue weighted by atomic mass is 32.2. The molecule has 104 valence electrons. The first-order chi connectivity index (χ1) is 9.08. The molecule has 0 N–H and O–H groups in total. The van der Waals surface area contributed by atoms with Crippen LogP contribution in [-0.4, -0.2) is 31.9 Å². The lowest BCUT2D eigenvalue weighted by atomic mass is 10.2. The summed E-state index contributed by atoms with van der Waals surface area (Å²) in [7, 11) is 0. The summed E-state index contributed by atoms with van der Waals surface area (Å²) in [5, 5.41) is 0.486. The second-order valence-electron chi connectivity index (χ2n) is 5.15. The molecule has 0 atom stereocenters. The van der Waals surface area contributed by atoms with Crippen LogP contribution in [0.15, 0.2) is 22.2 Å². The lowest BCUT2D eigenvalue weighted by Gasteiger charge is -2.17. The van der Waals surface area contributed by atoms with Crippen molar-refractivity contribution in [2.45, 2.75) is 38.3 Å². The molecule has 1 fully saturated rings. The zero-order chi connectivity index (χ0) is 13.8. The highest BCUT2D eigenvalue weighted by Gasteiger charge is 2.18. The fourth-order valence-corrected chi connectivity index (χ4v) is 3.30. The first-order valence-corrected chi connectivity index (χ1v) is 7.82. The summed E-state index contributed by atoms with van der Waals surface area (Å²) < 4.78 is 2.48. The number of likely N-dealkylation sites (tertiary alicyclic amines) is 1. The van der Waals surface area contributed by atoms with Crippen molar-refractivity contribution in [3.63, 3.8) is 0 Å². The van der Waals surface area contributed by atoms with Gasteiger partial charge in [0.15, 0.2) is 5.03 Å². The maximum absolute atomic E-state index is 12.3. The van der Waals surface area contributed by atoms with Crippen LogP contribution < -0.4 is 5.56 Å². The number of thioether (sulfide) groups is 1. The van der Waals surface area contributed by atoms with Crippen molar-refractivity contribution in [1.29, 1.82) is 0 Å². The number of hydrogen-bond donors (Lipinski definition) is 0. The van der Waals surface area contributed by atoms with Gasteiger partial charge in [-0.05, 0) is 30.5 Å². The van der Waals surface area contributed by atoms with Gasteiger partial charge in [-0.2, -0.15) is 0 Å². The Labute approximate surface area is 123 Å². The van der Waals surface area contributed by atoms with Crippen LogP contribution in [0.3, 0.4) is 0 Å². The largest absolute Gasteiger partial charge is 0.357 e. The maximum Gasteiger partial charge on any atom is 0.283 e. The van der Waals surface area contributed by atoms with Crippen LogP contribution in [0.25, 0.3) is 0 Å². The van der Waals surface area contributed by atoms with E-state index in [0.29, 0.717) is 17.5 Å². The molecule has 0 amide bonds. The third-order valence-corrected chi connectivity index (χ3v) is 4.41. The molecule has 0 spiro atoms. The number of aromatic nitrogens is 2. The summed E-state index contributed by atoms with van der Waals surface area (Å²) in [5.41, 5.74) is -0.0391. The van der Waals surface area contributed by atoms with E-state index in [4.69, 9.17) is 12.2 Å². The Hall–Kier alpha value is -0.880. The zero-order valence-electron chi connectivity index (χ0n) is 11.3. The molecule has 19 heavy (non-hydrogen) atoms. The predicted octanol–water partition coefficient (Wildman–Crippen LogP) is 2.37. The number of rotatable bonds is 3. The van der Waals surface area contributed by atoms with E-state index in [1.165, 1.54) is 24.6 Å². The van der Waals surface area contributed by atoms with Crippen LogP contribution in [0.2, 0.25) is 0 Å². The third-order valence-electron chi connectivity index (χ3n) is 2.99. The number of nitrogens with zero attached hydrogens (tertiary/aromatic N) is 3. The van der Waals surface area contributed by atoms with Gasteiger partial charge < -0.3 is 9.47 Å². The van der Waals surface area contributed by atoms with E-state index in [1.54, 1.807) is 17.0 Å². The van der Waals surface area contributed by atoms with Crippen LogP contribution in [0, 0.1) is 5.92 Å². The molecule has 0 aliphatic carbocycles. The minimum Gasteiger partial charge on any atom is -0.357 e. The summed E-state index contributed by atoms with van der Waals surface area (Å²) in [6, 6.07) is 0. The van der Waals surface area contributed by atoms with E-state index in [1.807, 2.05) is 0 Å². The summed E-state index contributed by atoms with van der Waals surface area (Å²) in [6.45, 7) is 6.90. The Kier molecular flexibility index (Phi) is 4.99. The summed E-state index contributed by atoms with van der Waals surface area (Å²) >= 11 is 6.71. The van der Waals surface area contributed by atoms with Gasteiger partial charge >= 0.3 is 0 Å². The van der Waals surface area contributed by atoms with E-state index in [-0.39, 0.29) is 5.56 Å². The second kappa shape index (κ2) is 6.52. The summed E-state index contributed by atoms with van der Waals surface area (Å²) in [4.78, 5) is 18.6. The van der Waals surface area contributed by atoms with E-state index >= 15 is 0 Å². The van der Waals surface area contributed by atoms with Crippen LogP contribution in [0.4, 0.5) is 0 Å². The first-order valence-electron chi connectivity index (χ1n) is 6.60. The van der Waals surface area contributed by atoms with Gasteiger partial charge in [-0.15, -0.1) is 0 Å².